The maximum absolute atomic E-state index is 12.4. The van der Waals surface area contributed by atoms with Crippen LogP contribution in [0.3, 0.4) is 0 Å². The van der Waals surface area contributed by atoms with E-state index in [4.69, 9.17) is 5.73 Å². The van der Waals surface area contributed by atoms with Gasteiger partial charge in [-0.3, -0.25) is 0 Å². The second kappa shape index (κ2) is 7.07. The third kappa shape index (κ3) is 5.80. The summed E-state index contributed by atoms with van der Waals surface area (Å²) in [5.41, 5.74) is 2.94. The Morgan fingerprint density at radius 2 is 1.94 bits per heavy atom. The molecule has 6 heteroatoms. The number of hydrogen-bond donors (Lipinski definition) is 1. The van der Waals surface area contributed by atoms with Gasteiger partial charge in [0.25, 0.3) is 0 Å². The fourth-order valence-electron chi connectivity index (χ4n) is 1.49. The Bertz CT molecular complexity index is 407. The van der Waals surface area contributed by atoms with Crippen LogP contribution in [0.2, 0.25) is 0 Å². The molecule has 2 N–H and O–H groups in total. The lowest BCUT2D eigenvalue weighted by Gasteiger charge is -2.16. The van der Waals surface area contributed by atoms with E-state index in [0.717, 1.165) is 5.57 Å². The Morgan fingerprint density at radius 3 is 2.44 bits per heavy atom. The van der Waals surface area contributed by atoms with Crippen molar-refractivity contribution >= 4 is 24.2 Å². The Morgan fingerprint density at radius 1 is 1.39 bits per heavy atom. The van der Waals surface area contributed by atoms with Crippen molar-refractivity contribution in [3.63, 3.8) is 0 Å². The van der Waals surface area contributed by atoms with Crippen LogP contribution >= 0.6 is 24.2 Å². The van der Waals surface area contributed by atoms with Crippen LogP contribution in [0.1, 0.15) is 24.9 Å². The van der Waals surface area contributed by atoms with Gasteiger partial charge in [-0.2, -0.15) is 13.2 Å². The monoisotopic (exact) mass is 297 g/mol. The van der Waals surface area contributed by atoms with Gasteiger partial charge in [0.15, 0.2) is 0 Å². The van der Waals surface area contributed by atoms with Gasteiger partial charge in [-0.1, -0.05) is 23.8 Å². The minimum atomic E-state index is -4.29. The smallest absolute Gasteiger partial charge is 0.324 e. The molecule has 18 heavy (non-hydrogen) atoms. The first-order valence-electron chi connectivity index (χ1n) is 5.04. The number of nitrogens with two attached hydrogens (primary N) is 1. The molecule has 102 valence electrons. The summed E-state index contributed by atoms with van der Waals surface area (Å²) < 4.78 is 37.1. The summed E-state index contributed by atoms with van der Waals surface area (Å²) in [6.45, 7) is 5.52. The summed E-state index contributed by atoms with van der Waals surface area (Å²) in [4.78, 5) is 0.161. The molecule has 0 radical (unpaired) electrons. The van der Waals surface area contributed by atoms with Crippen LogP contribution in [0.25, 0.3) is 0 Å². The number of alkyl halides is 3. The average molecular weight is 298 g/mol. The van der Waals surface area contributed by atoms with Crippen LogP contribution in [0.4, 0.5) is 13.2 Å². The molecule has 0 heterocycles. The van der Waals surface area contributed by atoms with Crippen LogP contribution in [0.15, 0.2) is 41.3 Å². The van der Waals surface area contributed by atoms with Crippen LogP contribution in [-0.4, -0.2) is 5.51 Å². The van der Waals surface area contributed by atoms with Crippen LogP contribution in [-0.2, 0) is 0 Å². The third-order valence-corrected chi connectivity index (χ3v) is 2.94. The second-order valence-electron chi connectivity index (χ2n) is 3.85. The largest absolute Gasteiger partial charge is 0.446 e. The minimum absolute atomic E-state index is 0. The lowest BCUT2D eigenvalue weighted by Crippen LogP contribution is -2.12. The van der Waals surface area contributed by atoms with E-state index in [2.05, 4.69) is 6.58 Å². The molecule has 1 nitrogen and oxygen atoms in total. The molecule has 0 fully saturated rings. The molecule has 1 rings (SSSR count). The van der Waals surface area contributed by atoms with Crippen molar-refractivity contribution in [2.75, 3.05) is 0 Å². The highest BCUT2D eigenvalue weighted by Crippen LogP contribution is 2.40. The highest BCUT2D eigenvalue weighted by Gasteiger charge is 2.30. The number of benzene rings is 1. The Labute approximate surface area is 115 Å². The molecule has 0 aromatic heterocycles. The van der Waals surface area contributed by atoms with Crippen molar-refractivity contribution < 1.29 is 13.2 Å². The van der Waals surface area contributed by atoms with Gasteiger partial charge in [-0.15, -0.1) is 19.0 Å². The maximum atomic E-state index is 12.4. The summed E-state index contributed by atoms with van der Waals surface area (Å²) in [5.74, 6) is 0. The molecule has 0 aliphatic heterocycles. The van der Waals surface area contributed by atoms with Crippen LogP contribution in [0, 0.1) is 0 Å². The molecule has 0 unspecified atom stereocenters. The van der Waals surface area contributed by atoms with E-state index in [0.29, 0.717) is 12.0 Å². The van der Waals surface area contributed by atoms with Gasteiger partial charge in [0.05, 0.1) is 0 Å². The van der Waals surface area contributed by atoms with Crippen molar-refractivity contribution in [3.8, 4) is 0 Å². The highest BCUT2D eigenvalue weighted by atomic mass is 35.5. The SMILES string of the molecule is C=C(C)C[C@H](N)c1ccccc1SC(F)(F)F.Cl. The molecular weight excluding hydrogens is 283 g/mol. The van der Waals surface area contributed by atoms with E-state index < -0.39 is 11.6 Å². The summed E-state index contributed by atoms with van der Waals surface area (Å²) in [7, 11) is 0. The molecular formula is C12H15ClF3NS. The van der Waals surface area contributed by atoms with E-state index in [-0.39, 0.29) is 29.1 Å². The van der Waals surface area contributed by atoms with E-state index in [1.54, 1.807) is 25.1 Å². The predicted molar refractivity (Wildman–Crippen MR) is 72.0 cm³/mol. The summed E-state index contributed by atoms with van der Waals surface area (Å²) in [6, 6.07) is 5.88. The van der Waals surface area contributed by atoms with Crippen molar-refractivity contribution in [1.29, 1.82) is 0 Å². The lowest BCUT2D eigenvalue weighted by molar-refractivity contribution is -0.0328. The molecule has 0 aliphatic rings. The molecule has 0 aliphatic carbocycles. The van der Waals surface area contributed by atoms with Gasteiger partial charge < -0.3 is 5.73 Å². The van der Waals surface area contributed by atoms with Crippen molar-refractivity contribution in [2.45, 2.75) is 29.8 Å². The summed E-state index contributed by atoms with van der Waals surface area (Å²) >= 11 is -0.127. The standard InChI is InChI=1S/C12H14F3NS.ClH/c1-8(2)7-10(16)9-5-3-4-6-11(9)17-12(13,14)15;/h3-6,10H,1,7,16H2,2H3;1H/t10-;/m0./s1. The van der Waals surface area contributed by atoms with E-state index in [1.807, 2.05) is 0 Å². The van der Waals surface area contributed by atoms with Gasteiger partial charge in [0.2, 0.25) is 0 Å². The first-order valence-corrected chi connectivity index (χ1v) is 5.86. The first kappa shape index (κ1) is 17.4. The zero-order valence-electron chi connectivity index (χ0n) is 9.83. The normalized spacial score (nSPS) is 12.7. The fourth-order valence-corrected chi connectivity index (χ4v) is 2.22. The van der Waals surface area contributed by atoms with Gasteiger partial charge in [0.1, 0.15) is 0 Å². The molecule has 1 aromatic carbocycles. The van der Waals surface area contributed by atoms with Gasteiger partial charge in [-0.25, -0.2) is 0 Å². The molecule has 0 saturated carbocycles. The van der Waals surface area contributed by atoms with Gasteiger partial charge >= 0.3 is 5.51 Å². The van der Waals surface area contributed by atoms with E-state index >= 15 is 0 Å². The zero-order valence-corrected chi connectivity index (χ0v) is 11.5. The fraction of sp³-hybridized carbons (Fsp3) is 0.333. The molecule has 0 spiro atoms. The third-order valence-electron chi connectivity index (χ3n) is 2.11. The zero-order chi connectivity index (χ0) is 13.1. The predicted octanol–water partition coefficient (Wildman–Crippen LogP) is 4.69. The van der Waals surface area contributed by atoms with Gasteiger partial charge in [0, 0.05) is 10.9 Å². The van der Waals surface area contributed by atoms with E-state index in [9.17, 15) is 13.2 Å². The Kier molecular flexibility index (Phi) is 6.81. The lowest BCUT2D eigenvalue weighted by atomic mass is 10.0. The van der Waals surface area contributed by atoms with Crippen molar-refractivity contribution in [1.82, 2.24) is 0 Å². The Balaban J connectivity index is 0.00000289. The number of thioether (sulfide) groups is 1. The van der Waals surface area contributed by atoms with Crippen molar-refractivity contribution in [2.24, 2.45) is 5.73 Å². The number of rotatable bonds is 4. The van der Waals surface area contributed by atoms with Crippen LogP contribution in [0.5, 0.6) is 0 Å². The second-order valence-corrected chi connectivity index (χ2v) is 4.96. The average Bonchev–Trinajstić information content (AvgIpc) is 2.14. The van der Waals surface area contributed by atoms with Crippen LogP contribution < -0.4 is 5.73 Å². The number of halogens is 4. The first-order chi connectivity index (χ1) is 7.79. The maximum Gasteiger partial charge on any atom is 0.446 e. The molecule has 1 atom stereocenters. The Hall–Kier alpha value is -0.650. The van der Waals surface area contributed by atoms with Gasteiger partial charge in [-0.05, 0) is 36.7 Å². The molecule has 0 saturated heterocycles. The number of hydrogen-bond acceptors (Lipinski definition) is 2. The molecule has 1 aromatic rings. The van der Waals surface area contributed by atoms with Crippen molar-refractivity contribution in [3.05, 3.63) is 42.0 Å². The topological polar surface area (TPSA) is 26.0 Å². The minimum Gasteiger partial charge on any atom is -0.324 e. The quantitative estimate of drug-likeness (QED) is 0.645. The molecule has 0 amide bonds. The highest BCUT2D eigenvalue weighted by molar-refractivity contribution is 8.00. The summed E-state index contributed by atoms with van der Waals surface area (Å²) in [6.07, 6.45) is 0.482. The van der Waals surface area contributed by atoms with E-state index in [1.165, 1.54) is 6.07 Å². The molecule has 0 bridgehead atoms. The summed E-state index contributed by atoms with van der Waals surface area (Å²) in [5, 5.41) is 0.